The molecule has 0 aliphatic carbocycles. The quantitative estimate of drug-likeness (QED) is 0.837. The van der Waals surface area contributed by atoms with Crippen LogP contribution in [-0.2, 0) is 0 Å². The van der Waals surface area contributed by atoms with E-state index in [0.29, 0.717) is 12.2 Å². The first-order valence-corrected chi connectivity index (χ1v) is 6.67. The Balaban J connectivity index is 2.10. The van der Waals surface area contributed by atoms with Gasteiger partial charge in [0, 0.05) is 12.6 Å². The predicted octanol–water partition coefficient (Wildman–Crippen LogP) is 3.51. The minimum atomic E-state index is -0.107. The largest absolute Gasteiger partial charge is 0.494 e. The lowest BCUT2D eigenvalue weighted by atomic mass is 10.1. The Bertz CT molecular complexity index is 546. The molecular weight excluding hydrogens is 254 g/mol. The van der Waals surface area contributed by atoms with E-state index in [-0.39, 0.29) is 11.9 Å². The molecule has 1 heterocycles. The van der Waals surface area contributed by atoms with E-state index >= 15 is 0 Å². The van der Waals surface area contributed by atoms with Gasteiger partial charge in [0.15, 0.2) is 0 Å². The topological polar surface area (TPSA) is 42.7 Å². The van der Waals surface area contributed by atoms with Gasteiger partial charge in [-0.1, -0.05) is 0 Å². The van der Waals surface area contributed by atoms with Crippen LogP contribution in [0.5, 0.6) is 5.75 Å². The molecular formula is C16H19NO3. The maximum absolute atomic E-state index is 12.4. The standard InChI is InChI=1S/C16H19NO3/c1-4-19-14-9-7-13(8-10-14)16(18)17(3)12(2)15-6-5-11-20-15/h5-12H,4H2,1-3H3. The minimum absolute atomic E-state index is 0.0445. The van der Waals surface area contributed by atoms with Crippen LogP contribution >= 0.6 is 0 Å². The summed E-state index contributed by atoms with van der Waals surface area (Å²) in [6.45, 7) is 4.48. The molecule has 0 aliphatic heterocycles. The third-order valence-electron chi connectivity index (χ3n) is 3.27. The number of furan rings is 1. The van der Waals surface area contributed by atoms with Crippen LogP contribution in [0.2, 0.25) is 0 Å². The van der Waals surface area contributed by atoms with Crippen LogP contribution < -0.4 is 4.74 Å². The summed E-state index contributed by atoms with van der Waals surface area (Å²) in [7, 11) is 1.77. The summed E-state index contributed by atoms with van der Waals surface area (Å²) in [4.78, 5) is 14.1. The molecule has 0 spiro atoms. The van der Waals surface area contributed by atoms with E-state index in [1.54, 1.807) is 30.3 Å². The van der Waals surface area contributed by atoms with E-state index in [0.717, 1.165) is 11.5 Å². The van der Waals surface area contributed by atoms with Gasteiger partial charge in [-0.2, -0.15) is 0 Å². The fourth-order valence-corrected chi connectivity index (χ4v) is 1.96. The maximum atomic E-state index is 12.4. The number of amides is 1. The summed E-state index contributed by atoms with van der Waals surface area (Å²) in [5.74, 6) is 1.49. The van der Waals surface area contributed by atoms with Crippen molar-refractivity contribution in [1.29, 1.82) is 0 Å². The average Bonchev–Trinajstić information content (AvgIpc) is 3.00. The van der Waals surface area contributed by atoms with Crippen LogP contribution in [-0.4, -0.2) is 24.5 Å². The average molecular weight is 273 g/mol. The number of carbonyl (C=O) groups is 1. The van der Waals surface area contributed by atoms with Crippen molar-refractivity contribution in [1.82, 2.24) is 4.90 Å². The Morgan fingerprint density at radius 3 is 2.55 bits per heavy atom. The fourth-order valence-electron chi connectivity index (χ4n) is 1.96. The third-order valence-corrected chi connectivity index (χ3v) is 3.27. The Hall–Kier alpha value is -2.23. The molecule has 1 unspecified atom stereocenters. The van der Waals surface area contributed by atoms with Crippen LogP contribution in [0.4, 0.5) is 0 Å². The molecule has 4 nitrogen and oxygen atoms in total. The van der Waals surface area contributed by atoms with E-state index < -0.39 is 0 Å². The lowest BCUT2D eigenvalue weighted by Gasteiger charge is -2.23. The lowest BCUT2D eigenvalue weighted by Crippen LogP contribution is -2.29. The molecule has 0 saturated carbocycles. The SMILES string of the molecule is CCOc1ccc(C(=O)N(C)C(C)c2ccco2)cc1. The molecule has 4 heteroatoms. The maximum Gasteiger partial charge on any atom is 0.254 e. The van der Waals surface area contributed by atoms with Gasteiger partial charge in [0.2, 0.25) is 0 Å². The molecule has 0 fully saturated rings. The van der Waals surface area contributed by atoms with E-state index in [9.17, 15) is 4.79 Å². The van der Waals surface area contributed by atoms with Gasteiger partial charge in [-0.25, -0.2) is 0 Å². The Kier molecular flexibility index (Phi) is 4.45. The fraction of sp³-hybridized carbons (Fsp3) is 0.312. The first-order chi connectivity index (χ1) is 9.63. The molecule has 1 amide bonds. The zero-order valence-electron chi connectivity index (χ0n) is 12.0. The van der Waals surface area contributed by atoms with Crippen LogP contribution in [0, 0.1) is 0 Å². The summed E-state index contributed by atoms with van der Waals surface area (Å²) < 4.78 is 10.7. The molecule has 0 bridgehead atoms. The van der Waals surface area contributed by atoms with Gasteiger partial charge in [-0.3, -0.25) is 4.79 Å². The van der Waals surface area contributed by atoms with Gasteiger partial charge in [-0.05, 0) is 50.2 Å². The Labute approximate surface area is 119 Å². The van der Waals surface area contributed by atoms with Crippen molar-refractivity contribution in [2.24, 2.45) is 0 Å². The Morgan fingerprint density at radius 2 is 2.00 bits per heavy atom. The second-order valence-corrected chi connectivity index (χ2v) is 4.56. The molecule has 0 radical (unpaired) electrons. The number of nitrogens with zero attached hydrogens (tertiary/aromatic N) is 1. The zero-order chi connectivity index (χ0) is 14.5. The number of hydrogen-bond acceptors (Lipinski definition) is 3. The highest BCUT2D eigenvalue weighted by atomic mass is 16.5. The smallest absolute Gasteiger partial charge is 0.254 e. The van der Waals surface area contributed by atoms with Crippen molar-refractivity contribution in [3.8, 4) is 5.75 Å². The van der Waals surface area contributed by atoms with Crippen LogP contribution in [0.3, 0.4) is 0 Å². The highest BCUT2D eigenvalue weighted by Gasteiger charge is 2.20. The van der Waals surface area contributed by atoms with Gasteiger partial charge in [0.1, 0.15) is 11.5 Å². The number of hydrogen-bond donors (Lipinski definition) is 0. The summed E-state index contributed by atoms with van der Waals surface area (Å²) in [5.41, 5.74) is 0.634. The first-order valence-electron chi connectivity index (χ1n) is 6.67. The highest BCUT2D eigenvalue weighted by Crippen LogP contribution is 2.21. The normalized spacial score (nSPS) is 11.9. The number of carbonyl (C=O) groups excluding carboxylic acids is 1. The molecule has 106 valence electrons. The molecule has 2 aromatic rings. The monoisotopic (exact) mass is 273 g/mol. The van der Waals surface area contributed by atoms with Crippen molar-refractivity contribution in [2.45, 2.75) is 19.9 Å². The van der Waals surface area contributed by atoms with Crippen molar-refractivity contribution in [3.63, 3.8) is 0 Å². The number of benzene rings is 1. The summed E-state index contributed by atoms with van der Waals surface area (Å²) in [6.07, 6.45) is 1.61. The van der Waals surface area contributed by atoms with Gasteiger partial charge in [-0.15, -0.1) is 0 Å². The first kappa shape index (κ1) is 14.2. The molecule has 1 atom stereocenters. The van der Waals surface area contributed by atoms with E-state index in [4.69, 9.17) is 9.15 Å². The summed E-state index contributed by atoms with van der Waals surface area (Å²) >= 11 is 0. The van der Waals surface area contributed by atoms with E-state index in [2.05, 4.69) is 0 Å². The van der Waals surface area contributed by atoms with Crippen LogP contribution in [0.25, 0.3) is 0 Å². The van der Waals surface area contributed by atoms with Crippen LogP contribution in [0.15, 0.2) is 47.1 Å². The van der Waals surface area contributed by atoms with Crippen molar-refractivity contribution < 1.29 is 13.9 Å². The lowest BCUT2D eigenvalue weighted by molar-refractivity contribution is 0.0726. The van der Waals surface area contributed by atoms with E-state index in [1.165, 1.54) is 0 Å². The highest BCUT2D eigenvalue weighted by molar-refractivity contribution is 5.94. The molecule has 2 rings (SSSR count). The molecule has 20 heavy (non-hydrogen) atoms. The van der Waals surface area contributed by atoms with Crippen molar-refractivity contribution in [3.05, 3.63) is 54.0 Å². The van der Waals surface area contributed by atoms with Crippen molar-refractivity contribution >= 4 is 5.91 Å². The zero-order valence-corrected chi connectivity index (χ0v) is 12.0. The van der Waals surface area contributed by atoms with Gasteiger partial charge >= 0.3 is 0 Å². The van der Waals surface area contributed by atoms with E-state index in [1.807, 2.05) is 38.1 Å². The molecule has 0 aliphatic rings. The second kappa shape index (κ2) is 6.28. The molecule has 0 saturated heterocycles. The van der Waals surface area contributed by atoms with Gasteiger partial charge in [0.05, 0.1) is 18.9 Å². The molecule has 1 aromatic carbocycles. The van der Waals surface area contributed by atoms with Gasteiger partial charge < -0.3 is 14.1 Å². The van der Waals surface area contributed by atoms with Crippen molar-refractivity contribution in [2.75, 3.05) is 13.7 Å². The predicted molar refractivity (Wildman–Crippen MR) is 76.8 cm³/mol. The number of ether oxygens (including phenoxy) is 1. The Morgan fingerprint density at radius 1 is 1.30 bits per heavy atom. The minimum Gasteiger partial charge on any atom is -0.494 e. The third kappa shape index (κ3) is 3.02. The second-order valence-electron chi connectivity index (χ2n) is 4.56. The number of rotatable bonds is 5. The summed E-state index contributed by atoms with van der Waals surface area (Å²) in [6, 6.07) is 10.7. The van der Waals surface area contributed by atoms with Gasteiger partial charge in [0.25, 0.3) is 5.91 Å². The molecule has 1 aromatic heterocycles. The van der Waals surface area contributed by atoms with Crippen LogP contribution in [0.1, 0.15) is 36.0 Å². The summed E-state index contributed by atoms with van der Waals surface area (Å²) in [5, 5.41) is 0. The molecule has 0 N–H and O–H groups in total.